The molecule has 7 heteroatoms. The Morgan fingerprint density at radius 1 is 1.19 bits per heavy atom. The van der Waals surface area contributed by atoms with Crippen molar-refractivity contribution < 1.29 is 23.8 Å². The molecular weight excluding hydrogens is 319 g/mol. The Bertz CT molecular complexity index is 514. The molecule has 114 valence electrons. The van der Waals surface area contributed by atoms with Crippen LogP contribution >= 0.6 is 23.2 Å². The second kappa shape index (κ2) is 7.52. The van der Waals surface area contributed by atoms with Crippen molar-refractivity contribution in [2.45, 2.75) is 37.4 Å². The highest BCUT2D eigenvalue weighted by atomic mass is 35.5. The van der Waals surface area contributed by atoms with Crippen LogP contribution < -0.4 is 4.74 Å². The molecule has 0 aromatic heterocycles. The van der Waals surface area contributed by atoms with Crippen LogP contribution in [0.15, 0.2) is 24.3 Å². The summed E-state index contributed by atoms with van der Waals surface area (Å²) in [7, 11) is 0. The van der Waals surface area contributed by atoms with Crippen LogP contribution in [0.25, 0.3) is 0 Å². The molecule has 5 nitrogen and oxygen atoms in total. The maximum Gasteiger partial charge on any atom is 0.514 e. The largest absolute Gasteiger partial charge is 0.514 e. The normalized spacial score (nSPS) is 16.3. The monoisotopic (exact) mass is 332 g/mol. The Morgan fingerprint density at radius 2 is 1.86 bits per heavy atom. The predicted octanol–water partition coefficient (Wildman–Crippen LogP) is 4.76. The SMILES string of the molecule is O=C(Cl)OC(Cl)c1ccccc1OC(=O)OC1CCCC1. The summed E-state index contributed by atoms with van der Waals surface area (Å²) in [4.78, 5) is 22.5. The van der Waals surface area contributed by atoms with E-state index in [4.69, 9.17) is 32.7 Å². The van der Waals surface area contributed by atoms with Crippen molar-refractivity contribution in [2.24, 2.45) is 0 Å². The van der Waals surface area contributed by atoms with Gasteiger partial charge < -0.3 is 14.2 Å². The van der Waals surface area contributed by atoms with E-state index in [9.17, 15) is 9.59 Å². The van der Waals surface area contributed by atoms with Crippen LogP contribution in [0.4, 0.5) is 9.59 Å². The van der Waals surface area contributed by atoms with E-state index in [-0.39, 0.29) is 11.9 Å². The van der Waals surface area contributed by atoms with Gasteiger partial charge in [0.05, 0.1) is 5.56 Å². The minimum absolute atomic E-state index is 0.0999. The van der Waals surface area contributed by atoms with E-state index in [0.29, 0.717) is 5.56 Å². The molecule has 21 heavy (non-hydrogen) atoms. The maximum absolute atomic E-state index is 11.7. The summed E-state index contributed by atoms with van der Waals surface area (Å²) in [5.74, 6) is 0.165. The van der Waals surface area contributed by atoms with Crippen LogP contribution in [-0.2, 0) is 9.47 Å². The number of para-hydroxylation sites is 1. The number of alkyl halides is 1. The number of rotatable bonds is 4. The van der Waals surface area contributed by atoms with Crippen LogP contribution in [0.1, 0.15) is 36.8 Å². The first-order valence-electron chi connectivity index (χ1n) is 6.54. The molecule has 0 saturated heterocycles. The number of hydrogen-bond donors (Lipinski definition) is 0. The van der Waals surface area contributed by atoms with Gasteiger partial charge in [-0.15, -0.1) is 0 Å². The zero-order chi connectivity index (χ0) is 15.2. The molecule has 0 radical (unpaired) electrons. The molecule has 2 rings (SSSR count). The lowest BCUT2D eigenvalue weighted by atomic mass is 10.2. The van der Waals surface area contributed by atoms with Gasteiger partial charge in [0.15, 0.2) is 0 Å². The third-order valence-electron chi connectivity index (χ3n) is 3.12. The summed E-state index contributed by atoms with van der Waals surface area (Å²) < 4.78 is 15.0. The number of halogens is 2. The first-order chi connectivity index (χ1) is 10.1. The Labute approximate surface area is 132 Å². The van der Waals surface area contributed by atoms with Gasteiger partial charge in [0.25, 0.3) is 0 Å². The number of benzene rings is 1. The fraction of sp³-hybridized carbons (Fsp3) is 0.429. The molecule has 1 fully saturated rings. The van der Waals surface area contributed by atoms with Crippen molar-refractivity contribution in [3.8, 4) is 5.75 Å². The van der Waals surface area contributed by atoms with Crippen molar-refractivity contribution in [3.05, 3.63) is 29.8 Å². The number of ether oxygens (including phenoxy) is 3. The van der Waals surface area contributed by atoms with E-state index in [1.165, 1.54) is 6.07 Å². The highest BCUT2D eigenvalue weighted by Gasteiger charge is 2.23. The molecule has 0 N–H and O–H groups in total. The summed E-state index contributed by atoms with van der Waals surface area (Å²) in [6, 6.07) is 6.42. The van der Waals surface area contributed by atoms with E-state index < -0.39 is 17.1 Å². The average molecular weight is 333 g/mol. The fourth-order valence-corrected chi connectivity index (χ4v) is 2.56. The summed E-state index contributed by atoms with van der Waals surface area (Å²) >= 11 is 11.0. The van der Waals surface area contributed by atoms with E-state index >= 15 is 0 Å². The Hall–Kier alpha value is -1.46. The highest BCUT2D eigenvalue weighted by molar-refractivity contribution is 6.61. The van der Waals surface area contributed by atoms with Gasteiger partial charge in [0.2, 0.25) is 5.56 Å². The predicted molar refractivity (Wildman–Crippen MR) is 76.7 cm³/mol. The summed E-state index contributed by atoms with van der Waals surface area (Å²) in [5.41, 5.74) is -1.87. The standard InChI is InChI=1S/C14H14Cl2O5/c15-12(21-13(16)17)10-7-3-4-8-11(10)20-14(18)19-9-5-1-2-6-9/h3-4,7-9,12H,1-2,5-6H2. The molecule has 1 aromatic carbocycles. The third-order valence-corrected chi connectivity index (χ3v) is 3.53. The summed E-state index contributed by atoms with van der Waals surface area (Å²) in [6.07, 6.45) is 2.89. The van der Waals surface area contributed by atoms with Crippen LogP contribution in [0.3, 0.4) is 0 Å². The fourth-order valence-electron chi connectivity index (χ4n) is 2.16. The summed E-state index contributed by atoms with van der Waals surface area (Å²) in [5, 5.41) is 0. The van der Waals surface area contributed by atoms with Gasteiger partial charge in [-0.3, -0.25) is 0 Å². The van der Waals surface area contributed by atoms with E-state index in [2.05, 4.69) is 4.74 Å². The topological polar surface area (TPSA) is 61.8 Å². The lowest BCUT2D eigenvalue weighted by Crippen LogP contribution is -2.19. The van der Waals surface area contributed by atoms with Crippen molar-refractivity contribution in [1.29, 1.82) is 0 Å². The maximum atomic E-state index is 11.7. The molecular formula is C14H14Cl2O5. The second-order valence-corrected chi connectivity index (χ2v) is 5.29. The number of carbonyl (C=O) groups is 2. The van der Waals surface area contributed by atoms with Gasteiger partial charge in [-0.05, 0) is 31.7 Å². The zero-order valence-electron chi connectivity index (χ0n) is 11.1. The van der Waals surface area contributed by atoms with E-state index in [1.807, 2.05) is 0 Å². The van der Waals surface area contributed by atoms with Gasteiger partial charge in [-0.1, -0.05) is 29.8 Å². The molecule has 0 bridgehead atoms. The molecule has 1 aliphatic carbocycles. The third kappa shape index (κ3) is 4.79. The van der Waals surface area contributed by atoms with Crippen LogP contribution in [0, 0.1) is 0 Å². The minimum Gasteiger partial charge on any atom is -0.431 e. The lowest BCUT2D eigenvalue weighted by Gasteiger charge is -2.15. The van der Waals surface area contributed by atoms with Gasteiger partial charge >= 0.3 is 11.6 Å². The van der Waals surface area contributed by atoms with E-state index in [0.717, 1.165) is 25.7 Å². The minimum atomic E-state index is -1.15. The van der Waals surface area contributed by atoms with Gasteiger partial charge in [-0.2, -0.15) is 0 Å². The van der Waals surface area contributed by atoms with E-state index in [1.54, 1.807) is 18.2 Å². The quantitative estimate of drug-likeness (QED) is 0.344. The molecule has 1 atom stereocenters. The molecule has 1 saturated carbocycles. The average Bonchev–Trinajstić information content (AvgIpc) is 2.91. The lowest BCUT2D eigenvalue weighted by molar-refractivity contribution is 0.0605. The van der Waals surface area contributed by atoms with Gasteiger partial charge in [0.1, 0.15) is 11.9 Å². The second-order valence-electron chi connectivity index (χ2n) is 4.59. The first-order valence-corrected chi connectivity index (χ1v) is 7.35. The van der Waals surface area contributed by atoms with Crippen molar-refractivity contribution in [1.82, 2.24) is 0 Å². The van der Waals surface area contributed by atoms with Crippen LogP contribution in [0.2, 0.25) is 0 Å². The molecule has 0 heterocycles. The molecule has 0 spiro atoms. The Morgan fingerprint density at radius 3 is 2.52 bits per heavy atom. The Kier molecular flexibility index (Phi) is 5.70. The Balaban J connectivity index is 2.01. The molecule has 1 aliphatic rings. The summed E-state index contributed by atoms with van der Waals surface area (Å²) in [6.45, 7) is 0. The van der Waals surface area contributed by atoms with Crippen LogP contribution in [-0.4, -0.2) is 17.7 Å². The van der Waals surface area contributed by atoms with Crippen LogP contribution in [0.5, 0.6) is 5.75 Å². The number of hydrogen-bond acceptors (Lipinski definition) is 5. The van der Waals surface area contributed by atoms with Gasteiger partial charge in [0, 0.05) is 11.6 Å². The van der Waals surface area contributed by atoms with Crippen molar-refractivity contribution >= 4 is 34.8 Å². The number of carbonyl (C=O) groups excluding carboxylic acids is 2. The van der Waals surface area contributed by atoms with Crippen molar-refractivity contribution in [3.63, 3.8) is 0 Å². The molecule has 0 aliphatic heterocycles. The first kappa shape index (κ1) is 15.9. The molecule has 1 unspecified atom stereocenters. The zero-order valence-corrected chi connectivity index (χ0v) is 12.6. The highest BCUT2D eigenvalue weighted by Crippen LogP contribution is 2.31. The smallest absolute Gasteiger partial charge is 0.431 e. The van der Waals surface area contributed by atoms with Gasteiger partial charge in [-0.25, -0.2) is 9.59 Å². The van der Waals surface area contributed by atoms with Crippen molar-refractivity contribution in [2.75, 3.05) is 0 Å². The molecule has 1 aromatic rings. The molecule has 0 amide bonds.